The van der Waals surface area contributed by atoms with Gasteiger partial charge in [0.15, 0.2) is 11.5 Å². The van der Waals surface area contributed by atoms with Crippen molar-refractivity contribution in [1.29, 1.82) is 0 Å². The number of hydrogen-bond donors (Lipinski definition) is 0. The van der Waals surface area contributed by atoms with Crippen molar-refractivity contribution in [3.05, 3.63) is 76.3 Å². The third-order valence-corrected chi connectivity index (χ3v) is 3.04. The summed E-state index contributed by atoms with van der Waals surface area (Å²) in [6, 6.07) is 7.56. The van der Waals surface area contributed by atoms with Gasteiger partial charge in [-0.15, -0.1) is 0 Å². The van der Waals surface area contributed by atoms with Crippen LogP contribution in [-0.4, -0.2) is 66.1 Å². The molecule has 1 aromatic rings. The Morgan fingerprint density at radius 3 is 1.03 bits per heavy atom. The van der Waals surface area contributed by atoms with E-state index in [0.717, 1.165) is 0 Å². The molecule has 0 bridgehead atoms. The summed E-state index contributed by atoms with van der Waals surface area (Å²) in [7, 11) is 0. The third-order valence-electron chi connectivity index (χ3n) is 3.04. The molecule has 0 saturated carbocycles. The first kappa shape index (κ1) is 52.3. The van der Waals surface area contributed by atoms with Crippen molar-refractivity contribution in [1.82, 2.24) is 0 Å². The van der Waals surface area contributed by atoms with Gasteiger partial charge in [0, 0.05) is 33.6 Å². The summed E-state index contributed by atoms with van der Waals surface area (Å²) in [5.74, 6) is 1.40. The van der Waals surface area contributed by atoms with Crippen LogP contribution in [0.2, 0.25) is 0 Å². The molecule has 0 aromatic heterocycles. The quantitative estimate of drug-likeness (QED) is 0.313. The SMILES string of the molecule is [C-]#[O+].[C-]#[O+].[C-]#[O+].[C-]#[O+].[C-]#[O+].[C-]#[O+].[C]1=[C]COCCOCCOc2ccccc2OCCOCCOC1.[Co].[Co]. The molecule has 0 saturated heterocycles. The van der Waals surface area contributed by atoms with E-state index in [1.165, 1.54) is 0 Å². The van der Waals surface area contributed by atoms with Crippen molar-refractivity contribution in [2.75, 3.05) is 66.1 Å². The van der Waals surface area contributed by atoms with Gasteiger partial charge < -0.3 is 28.4 Å². The maximum atomic E-state index is 7.50. The van der Waals surface area contributed by atoms with Crippen LogP contribution in [0.15, 0.2) is 24.3 Å². The maximum absolute atomic E-state index is 7.50. The molecule has 1 aliphatic rings. The first-order valence-corrected chi connectivity index (χ1v) is 9.30. The zero-order valence-electron chi connectivity index (χ0n) is 19.9. The van der Waals surface area contributed by atoms with E-state index in [0.29, 0.717) is 77.6 Å². The van der Waals surface area contributed by atoms with Crippen molar-refractivity contribution < 1.29 is 89.9 Å². The second-order valence-corrected chi connectivity index (χ2v) is 4.83. The van der Waals surface area contributed by atoms with Crippen LogP contribution in [-0.2, 0) is 80.4 Å². The molecular weight excluding hydrogens is 598 g/mol. The summed E-state index contributed by atoms with van der Waals surface area (Å²) >= 11 is 0. The normalized spacial score (nSPS) is 12.6. The van der Waals surface area contributed by atoms with Crippen LogP contribution in [0.5, 0.6) is 11.5 Å². The van der Waals surface area contributed by atoms with Gasteiger partial charge in [-0.05, 0) is 24.3 Å². The number of ether oxygens (including phenoxy) is 6. The molecule has 2 rings (SSSR count). The molecular formula is C24H24Co2O12. The molecule has 0 amide bonds. The first-order valence-electron chi connectivity index (χ1n) is 9.30. The predicted molar refractivity (Wildman–Crippen MR) is 111 cm³/mol. The zero-order chi connectivity index (χ0) is 28.7. The van der Waals surface area contributed by atoms with Gasteiger partial charge >= 0.3 is 67.8 Å². The fourth-order valence-corrected chi connectivity index (χ4v) is 1.90. The van der Waals surface area contributed by atoms with E-state index in [1.54, 1.807) is 0 Å². The monoisotopic (exact) mass is 622 g/mol. The van der Waals surface area contributed by atoms with Gasteiger partial charge in [-0.25, -0.2) is 0 Å². The molecule has 1 heterocycles. The van der Waals surface area contributed by atoms with Crippen LogP contribution >= 0.6 is 0 Å². The van der Waals surface area contributed by atoms with Crippen LogP contribution in [0.4, 0.5) is 0 Å². The number of hydrogen-bond acceptors (Lipinski definition) is 6. The first-order chi connectivity index (χ1) is 18.0. The van der Waals surface area contributed by atoms with E-state index < -0.39 is 0 Å². The Bertz CT molecular complexity index is 628. The summed E-state index contributed by atoms with van der Waals surface area (Å²) < 4.78 is 77.9. The van der Waals surface area contributed by atoms with Gasteiger partial charge in [0.25, 0.3) is 0 Å². The van der Waals surface area contributed by atoms with Gasteiger partial charge in [0.05, 0.1) is 52.9 Å². The molecule has 0 aliphatic carbocycles. The smallest absolute Gasteiger partial charge is 0.161 e. The Morgan fingerprint density at radius 1 is 0.447 bits per heavy atom. The Kier molecular flexibility index (Phi) is 82.3. The molecule has 12 nitrogen and oxygen atoms in total. The minimum absolute atomic E-state index is 0. The summed E-state index contributed by atoms with van der Waals surface area (Å²) in [5.41, 5.74) is 0. The maximum Gasteiger partial charge on any atom is 0.161 e. The van der Waals surface area contributed by atoms with Crippen LogP contribution in [0.25, 0.3) is 0 Å². The van der Waals surface area contributed by atoms with E-state index in [9.17, 15) is 0 Å². The van der Waals surface area contributed by atoms with Crippen molar-refractivity contribution in [3.63, 3.8) is 0 Å². The van der Waals surface area contributed by atoms with Gasteiger partial charge in [-0.2, -0.15) is 0 Å². The van der Waals surface area contributed by atoms with E-state index >= 15 is 0 Å². The number of benzene rings is 1. The average Bonchev–Trinajstić information content (AvgIpc) is 2.99. The Labute approximate surface area is 243 Å². The zero-order valence-corrected chi connectivity index (χ0v) is 22.0. The van der Waals surface area contributed by atoms with Crippen molar-refractivity contribution in [3.8, 4) is 11.5 Å². The second-order valence-electron chi connectivity index (χ2n) is 4.83. The molecule has 0 atom stereocenters. The third kappa shape index (κ3) is 41.0. The number of rotatable bonds is 0. The van der Waals surface area contributed by atoms with E-state index in [-0.39, 0.29) is 33.6 Å². The van der Waals surface area contributed by atoms with Crippen LogP contribution in [0.3, 0.4) is 0 Å². The molecule has 0 N–H and O–H groups in total. The molecule has 1 aliphatic heterocycles. The Balaban J connectivity index is -0.000000121. The molecule has 0 fully saturated rings. The van der Waals surface area contributed by atoms with Crippen molar-refractivity contribution in [2.24, 2.45) is 0 Å². The van der Waals surface area contributed by atoms with Crippen LogP contribution in [0, 0.1) is 52.1 Å². The van der Waals surface area contributed by atoms with Crippen LogP contribution < -0.4 is 9.47 Å². The minimum atomic E-state index is 0. The van der Waals surface area contributed by atoms with Gasteiger partial charge in [0.1, 0.15) is 13.2 Å². The van der Waals surface area contributed by atoms with Gasteiger partial charge in [-0.3, -0.25) is 0 Å². The fourth-order valence-electron chi connectivity index (χ4n) is 1.90. The van der Waals surface area contributed by atoms with E-state index in [1.807, 2.05) is 24.3 Å². The van der Waals surface area contributed by atoms with E-state index in [2.05, 4.69) is 52.1 Å². The summed E-state index contributed by atoms with van der Waals surface area (Å²) in [4.78, 5) is 0. The van der Waals surface area contributed by atoms with Crippen molar-refractivity contribution >= 4 is 0 Å². The second kappa shape index (κ2) is 59.8. The standard InChI is InChI=1S/C18H24O6.6CO.2Co/c1-2-6-18-17(5-1)23-15-13-21-11-9-19-7-3-4-8-20-10-12-22-14-16-24-18;6*1-2;;/h1-2,5-6H,7-16H2;;;;;;;;. The average molecular weight is 622 g/mol. The molecule has 210 valence electrons. The minimum Gasteiger partial charge on any atom is -0.487 e. The summed E-state index contributed by atoms with van der Waals surface area (Å²) in [6.07, 6.45) is 5.76. The molecule has 38 heavy (non-hydrogen) atoms. The fraction of sp³-hybridized carbons (Fsp3) is 0.417. The predicted octanol–water partition coefficient (Wildman–Crippen LogP) is 1.46. The molecule has 1 aromatic carbocycles. The van der Waals surface area contributed by atoms with Gasteiger partial charge in [-0.1, -0.05) is 12.1 Å². The Morgan fingerprint density at radius 2 is 0.711 bits per heavy atom. The number of fused-ring (bicyclic) bond motifs is 1. The van der Waals surface area contributed by atoms with E-state index in [4.69, 9.17) is 56.3 Å². The topological polar surface area (TPSA) is 175 Å². The van der Waals surface area contributed by atoms with Crippen LogP contribution in [0.1, 0.15) is 0 Å². The summed E-state index contributed by atoms with van der Waals surface area (Å²) in [6.45, 7) is 31.7. The van der Waals surface area contributed by atoms with Gasteiger partial charge in [0.2, 0.25) is 0 Å². The summed E-state index contributed by atoms with van der Waals surface area (Å²) in [5, 5.41) is 0. The van der Waals surface area contributed by atoms with Crippen molar-refractivity contribution in [2.45, 2.75) is 0 Å². The molecule has 0 unspecified atom stereocenters. The largest absolute Gasteiger partial charge is 0.487 e. The molecule has 14 heteroatoms. The number of para-hydroxylation sites is 2. The molecule has 4 radical (unpaired) electrons. The Hall–Kier alpha value is -2.15. The molecule has 0 spiro atoms.